The predicted octanol–water partition coefficient (Wildman–Crippen LogP) is 2.98. The summed E-state index contributed by atoms with van der Waals surface area (Å²) in [5, 5.41) is 13.0. The number of hydrogen-bond acceptors (Lipinski definition) is 8. The summed E-state index contributed by atoms with van der Waals surface area (Å²) < 4.78 is 0. The SMILES string of the molecule is CC1(C)CC(Nc2ncnc(Nc3nccs3)c2N)CC(C)(C)N1. The van der Waals surface area contributed by atoms with Gasteiger partial charge >= 0.3 is 0 Å². The lowest BCUT2D eigenvalue weighted by molar-refractivity contribution is 0.170. The van der Waals surface area contributed by atoms with Gasteiger partial charge in [0.05, 0.1) is 0 Å². The second-order valence-corrected chi connectivity index (χ2v) is 8.48. The number of anilines is 4. The van der Waals surface area contributed by atoms with Crippen molar-refractivity contribution in [3.63, 3.8) is 0 Å². The van der Waals surface area contributed by atoms with Crippen molar-refractivity contribution in [3.05, 3.63) is 17.9 Å². The average Bonchev–Trinajstić information content (AvgIpc) is 2.92. The maximum atomic E-state index is 6.26. The highest BCUT2D eigenvalue weighted by Gasteiger charge is 2.37. The maximum Gasteiger partial charge on any atom is 0.188 e. The second kappa shape index (κ2) is 6.18. The molecule has 0 bridgehead atoms. The van der Waals surface area contributed by atoms with Crippen LogP contribution in [0.2, 0.25) is 0 Å². The highest BCUT2D eigenvalue weighted by atomic mass is 32.1. The summed E-state index contributed by atoms with van der Waals surface area (Å²) in [7, 11) is 0. The van der Waals surface area contributed by atoms with Gasteiger partial charge in [-0.25, -0.2) is 15.0 Å². The van der Waals surface area contributed by atoms with Crippen LogP contribution in [0.25, 0.3) is 0 Å². The van der Waals surface area contributed by atoms with E-state index in [-0.39, 0.29) is 11.1 Å². The van der Waals surface area contributed by atoms with Gasteiger partial charge in [-0.1, -0.05) is 0 Å². The minimum atomic E-state index is 0.0587. The fourth-order valence-corrected chi connectivity index (χ4v) is 4.14. The Labute approximate surface area is 146 Å². The monoisotopic (exact) mass is 347 g/mol. The lowest BCUT2D eigenvalue weighted by Gasteiger charge is -2.46. The Hall–Kier alpha value is -1.93. The molecule has 0 saturated carbocycles. The van der Waals surface area contributed by atoms with Crippen molar-refractivity contribution in [2.75, 3.05) is 16.4 Å². The summed E-state index contributed by atoms with van der Waals surface area (Å²) in [4.78, 5) is 12.8. The molecule has 1 saturated heterocycles. The Kier molecular flexibility index (Phi) is 4.35. The van der Waals surface area contributed by atoms with E-state index >= 15 is 0 Å². The predicted molar refractivity (Wildman–Crippen MR) is 99.8 cm³/mol. The van der Waals surface area contributed by atoms with Crippen LogP contribution >= 0.6 is 11.3 Å². The second-order valence-electron chi connectivity index (χ2n) is 7.59. The number of rotatable bonds is 4. The van der Waals surface area contributed by atoms with Crippen molar-refractivity contribution in [1.29, 1.82) is 0 Å². The minimum Gasteiger partial charge on any atom is -0.393 e. The van der Waals surface area contributed by atoms with Crippen LogP contribution in [0.15, 0.2) is 17.9 Å². The number of aromatic nitrogens is 3. The molecule has 0 atom stereocenters. The number of nitrogens with zero attached hydrogens (tertiary/aromatic N) is 3. The summed E-state index contributed by atoms with van der Waals surface area (Å²) in [5.74, 6) is 1.25. The fraction of sp³-hybridized carbons (Fsp3) is 0.562. The molecule has 8 heteroatoms. The molecule has 0 amide bonds. The molecule has 5 N–H and O–H groups in total. The number of thiazole rings is 1. The van der Waals surface area contributed by atoms with Gasteiger partial charge in [-0.3, -0.25) is 0 Å². The molecule has 1 aliphatic heterocycles. The standard InChI is InChI=1S/C16H25N7S/c1-15(2)7-10(8-16(3,4)23-15)21-12-11(17)13(20-9-19-12)22-14-18-5-6-24-14/h5-6,9-10,23H,7-8,17H2,1-4H3,(H2,18,19,20,21,22). The van der Waals surface area contributed by atoms with Crippen molar-refractivity contribution in [3.8, 4) is 0 Å². The first-order valence-electron chi connectivity index (χ1n) is 8.07. The summed E-state index contributed by atoms with van der Waals surface area (Å²) in [6.45, 7) is 8.89. The van der Waals surface area contributed by atoms with Crippen molar-refractivity contribution in [1.82, 2.24) is 20.3 Å². The lowest BCUT2D eigenvalue weighted by atomic mass is 9.79. The Morgan fingerprint density at radius 1 is 1.12 bits per heavy atom. The fourth-order valence-electron chi connectivity index (χ4n) is 3.61. The molecule has 0 radical (unpaired) electrons. The number of nitrogens with one attached hydrogen (secondary N) is 3. The van der Waals surface area contributed by atoms with Crippen LogP contribution in [0.4, 0.5) is 22.5 Å². The normalized spacial score (nSPS) is 19.8. The van der Waals surface area contributed by atoms with E-state index in [0.717, 1.165) is 18.0 Å². The molecule has 130 valence electrons. The molecule has 0 aliphatic carbocycles. The summed E-state index contributed by atoms with van der Waals surface area (Å²) in [6.07, 6.45) is 5.25. The number of piperidine rings is 1. The van der Waals surface area contributed by atoms with Crippen LogP contribution in [-0.2, 0) is 0 Å². The highest BCUT2D eigenvalue weighted by molar-refractivity contribution is 7.13. The number of hydrogen-bond donors (Lipinski definition) is 4. The van der Waals surface area contributed by atoms with Gasteiger partial charge in [0.15, 0.2) is 16.8 Å². The molecule has 0 unspecified atom stereocenters. The van der Waals surface area contributed by atoms with Gasteiger partial charge in [-0.2, -0.15) is 0 Å². The summed E-state index contributed by atoms with van der Waals surface area (Å²) in [5.41, 5.74) is 6.90. The van der Waals surface area contributed by atoms with Crippen molar-refractivity contribution in [2.45, 2.75) is 57.7 Å². The first-order chi connectivity index (χ1) is 11.2. The van der Waals surface area contributed by atoms with Crippen LogP contribution in [0.5, 0.6) is 0 Å². The first-order valence-corrected chi connectivity index (χ1v) is 8.95. The number of nitrogens with two attached hydrogens (primary N) is 1. The smallest absolute Gasteiger partial charge is 0.188 e. The molecule has 0 spiro atoms. The quantitative estimate of drug-likeness (QED) is 0.674. The first kappa shape index (κ1) is 16.9. The van der Waals surface area contributed by atoms with E-state index in [1.165, 1.54) is 17.7 Å². The Bertz CT molecular complexity index is 680. The van der Waals surface area contributed by atoms with E-state index in [1.807, 2.05) is 5.38 Å². The molecule has 7 nitrogen and oxygen atoms in total. The number of nitrogen functional groups attached to an aromatic ring is 1. The van der Waals surface area contributed by atoms with Gasteiger partial charge < -0.3 is 21.7 Å². The van der Waals surface area contributed by atoms with Gasteiger partial charge in [-0.05, 0) is 40.5 Å². The third kappa shape index (κ3) is 3.93. The molecular weight excluding hydrogens is 322 g/mol. The van der Waals surface area contributed by atoms with Gasteiger partial charge in [0.25, 0.3) is 0 Å². The van der Waals surface area contributed by atoms with Crippen molar-refractivity contribution in [2.24, 2.45) is 0 Å². The molecule has 0 aromatic carbocycles. The summed E-state index contributed by atoms with van der Waals surface area (Å²) >= 11 is 1.50. The highest BCUT2D eigenvalue weighted by Crippen LogP contribution is 2.33. The molecule has 1 aliphatic rings. The molecule has 24 heavy (non-hydrogen) atoms. The lowest BCUT2D eigenvalue weighted by Crippen LogP contribution is -2.60. The van der Waals surface area contributed by atoms with E-state index in [0.29, 0.717) is 23.4 Å². The molecule has 2 aromatic heterocycles. The zero-order chi connectivity index (χ0) is 17.4. The Balaban J connectivity index is 1.78. The van der Waals surface area contributed by atoms with Crippen LogP contribution < -0.4 is 21.7 Å². The maximum absolute atomic E-state index is 6.26. The van der Waals surface area contributed by atoms with Crippen LogP contribution in [0.3, 0.4) is 0 Å². The Morgan fingerprint density at radius 2 is 1.79 bits per heavy atom. The van der Waals surface area contributed by atoms with E-state index in [2.05, 4.69) is 58.6 Å². The topological polar surface area (TPSA) is 101 Å². The van der Waals surface area contributed by atoms with Gasteiger partial charge in [-0.15, -0.1) is 11.3 Å². The summed E-state index contributed by atoms with van der Waals surface area (Å²) in [6, 6.07) is 0.293. The van der Waals surface area contributed by atoms with Gasteiger partial charge in [0.1, 0.15) is 12.0 Å². The minimum absolute atomic E-state index is 0.0587. The molecule has 2 aromatic rings. The van der Waals surface area contributed by atoms with Crippen LogP contribution in [0, 0.1) is 0 Å². The third-order valence-electron chi connectivity index (χ3n) is 4.07. The Morgan fingerprint density at radius 3 is 2.42 bits per heavy atom. The van der Waals surface area contributed by atoms with E-state index in [4.69, 9.17) is 5.73 Å². The van der Waals surface area contributed by atoms with Gasteiger partial charge in [0, 0.05) is 28.7 Å². The molecular formula is C16H25N7S. The molecule has 1 fully saturated rings. The van der Waals surface area contributed by atoms with Crippen molar-refractivity contribution >= 4 is 33.8 Å². The van der Waals surface area contributed by atoms with E-state index in [9.17, 15) is 0 Å². The third-order valence-corrected chi connectivity index (χ3v) is 4.76. The average molecular weight is 347 g/mol. The van der Waals surface area contributed by atoms with E-state index in [1.54, 1.807) is 6.20 Å². The zero-order valence-electron chi connectivity index (χ0n) is 14.6. The molecule has 3 rings (SSSR count). The largest absolute Gasteiger partial charge is 0.393 e. The van der Waals surface area contributed by atoms with E-state index < -0.39 is 0 Å². The van der Waals surface area contributed by atoms with Gasteiger partial charge in [0.2, 0.25) is 0 Å². The zero-order valence-corrected chi connectivity index (χ0v) is 15.4. The van der Waals surface area contributed by atoms with Crippen molar-refractivity contribution < 1.29 is 0 Å². The van der Waals surface area contributed by atoms with Crippen LogP contribution in [-0.4, -0.2) is 32.1 Å². The molecule has 3 heterocycles. The van der Waals surface area contributed by atoms with Crippen LogP contribution in [0.1, 0.15) is 40.5 Å².